The molecule has 3 aromatic carbocycles. The van der Waals surface area contributed by atoms with Crippen LogP contribution in [0.25, 0.3) is 0 Å². The summed E-state index contributed by atoms with van der Waals surface area (Å²) in [6, 6.07) is 17.2. The molecule has 0 saturated heterocycles. The molecular formula is C25H19FN2O5. The maximum Gasteiger partial charge on any atom is 0.231 e. The molecule has 2 aliphatic rings. The highest BCUT2D eigenvalue weighted by Crippen LogP contribution is 2.48. The van der Waals surface area contributed by atoms with Crippen LogP contribution in [0.2, 0.25) is 0 Å². The normalized spacial score (nSPS) is 16.0. The number of nitriles is 1. The molecule has 0 fully saturated rings. The zero-order valence-electron chi connectivity index (χ0n) is 17.6. The topological polar surface area (TPSA) is 96.0 Å². The van der Waals surface area contributed by atoms with E-state index in [0.717, 1.165) is 16.7 Å². The minimum atomic E-state index is -0.492. The Morgan fingerprint density at radius 1 is 1.03 bits per heavy atom. The Morgan fingerprint density at radius 3 is 2.52 bits per heavy atom. The van der Waals surface area contributed by atoms with Crippen molar-refractivity contribution in [3.05, 3.63) is 88.6 Å². The van der Waals surface area contributed by atoms with Crippen LogP contribution >= 0.6 is 0 Å². The van der Waals surface area contributed by atoms with Gasteiger partial charge >= 0.3 is 0 Å². The fourth-order valence-electron chi connectivity index (χ4n) is 3.91. The summed E-state index contributed by atoms with van der Waals surface area (Å²) in [6.45, 7) is 0.362. The fraction of sp³-hybridized carbons (Fsp3) is 0.160. The molecule has 0 aromatic heterocycles. The average molecular weight is 446 g/mol. The van der Waals surface area contributed by atoms with Gasteiger partial charge < -0.3 is 29.4 Å². The lowest BCUT2D eigenvalue weighted by molar-refractivity contribution is 0.174. The lowest BCUT2D eigenvalue weighted by Crippen LogP contribution is -2.21. The van der Waals surface area contributed by atoms with Crippen molar-refractivity contribution in [3.63, 3.8) is 0 Å². The number of methoxy groups -OCH3 is 1. The van der Waals surface area contributed by atoms with E-state index >= 15 is 0 Å². The van der Waals surface area contributed by atoms with Crippen molar-refractivity contribution in [2.75, 3.05) is 13.9 Å². The molecule has 33 heavy (non-hydrogen) atoms. The van der Waals surface area contributed by atoms with Crippen molar-refractivity contribution in [2.24, 2.45) is 5.73 Å². The monoisotopic (exact) mass is 446 g/mol. The number of allylic oxidation sites excluding steroid dienone is 1. The predicted molar refractivity (Wildman–Crippen MR) is 116 cm³/mol. The zero-order chi connectivity index (χ0) is 22.9. The smallest absolute Gasteiger partial charge is 0.231 e. The summed E-state index contributed by atoms with van der Waals surface area (Å²) in [5, 5.41) is 9.82. The van der Waals surface area contributed by atoms with Crippen molar-refractivity contribution >= 4 is 0 Å². The van der Waals surface area contributed by atoms with Gasteiger partial charge in [0.2, 0.25) is 12.7 Å². The van der Waals surface area contributed by atoms with E-state index in [1.807, 2.05) is 6.07 Å². The summed E-state index contributed by atoms with van der Waals surface area (Å²) < 4.78 is 41.2. The molecule has 0 bridgehead atoms. The van der Waals surface area contributed by atoms with Crippen LogP contribution in [-0.2, 0) is 6.61 Å². The van der Waals surface area contributed by atoms with Gasteiger partial charge in [-0.2, -0.15) is 5.26 Å². The highest BCUT2D eigenvalue weighted by Gasteiger charge is 2.33. The summed E-state index contributed by atoms with van der Waals surface area (Å²) in [5.41, 5.74) is 8.68. The van der Waals surface area contributed by atoms with Crippen molar-refractivity contribution in [3.8, 4) is 34.8 Å². The molecular weight excluding hydrogens is 427 g/mol. The second-order valence-corrected chi connectivity index (χ2v) is 7.49. The summed E-state index contributed by atoms with van der Waals surface area (Å²) in [6.07, 6.45) is 0. The third kappa shape index (κ3) is 3.74. The lowest BCUT2D eigenvalue weighted by atomic mass is 9.83. The number of nitrogens with two attached hydrogens (primary N) is 1. The predicted octanol–water partition coefficient (Wildman–Crippen LogP) is 4.36. The molecule has 2 aliphatic heterocycles. The summed E-state index contributed by atoms with van der Waals surface area (Å²) >= 11 is 0. The molecule has 0 amide bonds. The molecule has 3 aromatic rings. The van der Waals surface area contributed by atoms with Crippen LogP contribution in [0.1, 0.15) is 22.6 Å². The Kier molecular flexibility index (Phi) is 5.15. The quantitative estimate of drug-likeness (QED) is 0.622. The van der Waals surface area contributed by atoms with Crippen LogP contribution < -0.4 is 29.4 Å². The number of rotatable bonds is 5. The van der Waals surface area contributed by atoms with E-state index in [-0.39, 0.29) is 30.7 Å². The number of benzene rings is 3. The number of hydrogen-bond acceptors (Lipinski definition) is 7. The number of nitrogens with zero attached hydrogens (tertiary/aromatic N) is 1. The van der Waals surface area contributed by atoms with Crippen molar-refractivity contribution in [1.82, 2.24) is 0 Å². The molecule has 0 saturated carbocycles. The summed E-state index contributed by atoms with van der Waals surface area (Å²) in [7, 11) is 1.54. The van der Waals surface area contributed by atoms with Gasteiger partial charge in [0.15, 0.2) is 23.0 Å². The van der Waals surface area contributed by atoms with Crippen LogP contribution in [-0.4, -0.2) is 13.9 Å². The highest BCUT2D eigenvalue weighted by atomic mass is 19.1. The average Bonchev–Trinajstić information content (AvgIpc) is 3.29. The number of halogens is 1. The van der Waals surface area contributed by atoms with Crippen molar-refractivity contribution in [1.29, 1.82) is 5.26 Å². The summed E-state index contributed by atoms with van der Waals surface area (Å²) in [4.78, 5) is 0. The molecule has 0 radical (unpaired) electrons. The van der Waals surface area contributed by atoms with Gasteiger partial charge in [0.25, 0.3) is 0 Å². The number of ether oxygens (including phenoxy) is 5. The first-order chi connectivity index (χ1) is 16.1. The van der Waals surface area contributed by atoms with Gasteiger partial charge in [-0.1, -0.05) is 18.2 Å². The van der Waals surface area contributed by atoms with Gasteiger partial charge in [-0.3, -0.25) is 0 Å². The second kappa shape index (κ2) is 8.28. The van der Waals surface area contributed by atoms with E-state index in [9.17, 15) is 9.65 Å². The summed E-state index contributed by atoms with van der Waals surface area (Å²) in [5.74, 6) is 1.86. The van der Waals surface area contributed by atoms with Crippen LogP contribution in [0.15, 0.2) is 66.1 Å². The first kappa shape index (κ1) is 20.5. The molecule has 8 heteroatoms. The molecule has 0 aliphatic carbocycles. The number of hydrogen-bond donors (Lipinski definition) is 1. The zero-order valence-corrected chi connectivity index (χ0v) is 17.6. The Balaban J connectivity index is 1.50. The van der Waals surface area contributed by atoms with Gasteiger partial charge in [-0.05, 0) is 41.5 Å². The first-order valence-electron chi connectivity index (χ1n) is 10.1. The van der Waals surface area contributed by atoms with Gasteiger partial charge in [-0.15, -0.1) is 0 Å². The van der Waals surface area contributed by atoms with Crippen molar-refractivity contribution < 1.29 is 28.1 Å². The molecule has 2 N–H and O–H groups in total. The van der Waals surface area contributed by atoms with E-state index < -0.39 is 5.92 Å². The molecule has 1 atom stereocenters. The third-order valence-corrected chi connectivity index (χ3v) is 5.54. The molecule has 0 spiro atoms. The molecule has 7 nitrogen and oxygen atoms in total. The maximum atomic E-state index is 13.1. The minimum Gasteiger partial charge on any atom is -0.493 e. The highest BCUT2D eigenvalue weighted by molar-refractivity contribution is 5.62. The van der Waals surface area contributed by atoms with E-state index in [0.29, 0.717) is 28.7 Å². The minimum absolute atomic E-state index is 0.0319. The molecule has 166 valence electrons. The Bertz CT molecular complexity index is 1300. The first-order valence-corrected chi connectivity index (χ1v) is 10.1. The van der Waals surface area contributed by atoms with Gasteiger partial charge in [0, 0.05) is 11.6 Å². The second-order valence-electron chi connectivity index (χ2n) is 7.49. The van der Waals surface area contributed by atoms with Crippen LogP contribution in [0, 0.1) is 17.1 Å². The lowest BCUT2D eigenvalue weighted by Gasteiger charge is -2.27. The van der Waals surface area contributed by atoms with E-state index in [2.05, 4.69) is 6.07 Å². The SMILES string of the molecule is COc1cc([C@H]2C(C#N)=C(N)Oc3cc4c(cc32)OCO4)ccc1OCc1ccc(F)cc1. The van der Waals surface area contributed by atoms with Crippen LogP contribution in [0.4, 0.5) is 4.39 Å². The maximum absolute atomic E-state index is 13.1. The Morgan fingerprint density at radius 2 is 1.79 bits per heavy atom. The van der Waals surface area contributed by atoms with Crippen LogP contribution in [0.3, 0.4) is 0 Å². The molecule has 2 heterocycles. The largest absolute Gasteiger partial charge is 0.493 e. The standard InChI is InChI=1S/C25H19FN2O5/c1-29-21-8-15(4-7-19(21)30-12-14-2-5-16(26)6-3-14)24-17-9-22-23(32-13-31-22)10-20(17)33-25(28)18(24)11-27/h2-10,24H,12-13,28H2,1H3/t24-/m1/s1. The number of fused-ring (bicyclic) bond motifs is 2. The van der Waals surface area contributed by atoms with Gasteiger partial charge in [-0.25, -0.2) is 4.39 Å². The van der Waals surface area contributed by atoms with Gasteiger partial charge in [0.1, 0.15) is 29.8 Å². The van der Waals surface area contributed by atoms with Crippen molar-refractivity contribution in [2.45, 2.75) is 12.5 Å². The third-order valence-electron chi connectivity index (χ3n) is 5.54. The van der Waals surface area contributed by atoms with E-state index in [4.69, 9.17) is 29.4 Å². The van der Waals surface area contributed by atoms with E-state index in [1.165, 1.54) is 19.2 Å². The Labute approximate surface area is 189 Å². The molecule has 5 rings (SSSR count). The molecule has 0 unspecified atom stereocenters. The van der Waals surface area contributed by atoms with Crippen LogP contribution in [0.5, 0.6) is 28.7 Å². The fourth-order valence-corrected chi connectivity index (χ4v) is 3.91. The Hall–Kier alpha value is -4.38. The van der Waals surface area contributed by atoms with Gasteiger partial charge in [0.05, 0.1) is 13.0 Å². The van der Waals surface area contributed by atoms with E-state index in [1.54, 1.807) is 36.4 Å².